The van der Waals surface area contributed by atoms with Gasteiger partial charge in [0.05, 0.1) is 0 Å². The van der Waals surface area contributed by atoms with Crippen molar-refractivity contribution in [2.24, 2.45) is 30.0 Å². The molecule has 16 heteroatoms. The molecule has 9 rings (SSSR count). The van der Waals surface area contributed by atoms with Crippen molar-refractivity contribution >= 4 is 134 Å². The fourth-order valence-electron chi connectivity index (χ4n) is 10.7. The first-order chi connectivity index (χ1) is 40.4. The van der Waals surface area contributed by atoms with Crippen LogP contribution in [0.15, 0.2) is 98.6 Å². The van der Waals surface area contributed by atoms with Crippen molar-refractivity contribution in [3.63, 3.8) is 0 Å². The molecule has 82 heavy (non-hydrogen) atoms. The van der Waals surface area contributed by atoms with Gasteiger partial charge in [-0.05, 0) is 179 Å². The van der Waals surface area contributed by atoms with E-state index in [1.54, 1.807) is 68.0 Å². The summed E-state index contributed by atoms with van der Waals surface area (Å²) in [5.41, 5.74) is 8.13. The quantitative estimate of drug-likeness (QED) is 0.0367. The molecule has 10 nitrogen and oxygen atoms in total. The number of nitrogens with zero attached hydrogens (tertiary/aromatic N) is 10. The number of hydrogen-bond acceptors (Lipinski definition) is 16. The highest BCUT2D eigenvalue weighted by Gasteiger charge is 2.40. The lowest BCUT2D eigenvalue weighted by Gasteiger charge is -2.34. The summed E-state index contributed by atoms with van der Waals surface area (Å²) in [4.78, 5) is 41.9. The molecule has 0 bridgehead atoms. The van der Waals surface area contributed by atoms with Crippen LogP contribution in [0.2, 0.25) is 0 Å². The van der Waals surface area contributed by atoms with E-state index in [2.05, 4.69) is 125 Å². The fourth-order valence-corrected chi connectivity index (χ4v) is 16.6. The Morgan fingerprint density at radius 1 is 0.268 bits per heavy atom. The van der Waals surface area contributed by atoms with Crippen molar-refractivity contribution in [3.05, 3.63) is 102 Å². The number of anilines is 6. The predicted molar refractivity (Wildman–Crippen MR) is 366 cm³/mol. The average Bonchev–Trinajstić information content (AvgIpc) is 1.85. The van der Waals surface area contributed by atoms with E-state index in [1.807, 2.05) is 4.90 Å². The van der Waals surface area contributed by atoms with Crippen LogP contribution in [0.4, 0.5) is 30.0 Å². The third kappa shape index (κ3) is 16.9. The number of rotatable bonds is 36. The highest BCUT2D eigenvalue weighted by molar-refractivity contribution is 7.18. The maximum atomic E-state index is 5.54. The van der Waals surface area contributed by atoms with E-state index in [4.69, 9.17) is 30.0 Å². The number of thiophene rings is 6. The van der Waals surface area contributed by atoms with Crippen LogP contribution in [-0.2, 0) is 38.5 Å². The first-order valence-corrected chi connectivity index (χ1v) is 36.8. The second-order valence-corrected chi connectivity index (χ2v) is 27.8. The molecule has 6 aromatic heterocycles. The molecule has 9 heterocycles. The van der Waals surface area contributed by atoms with E-state index >= 15 is 0 Å². The first kappa shape index (κ1) is 62.0. The van der Waals surface area contributed by atoms with Crippen molar-refractivity contribution in [2.75, 3.05) is 14.7 Å². The normalized spacial score (nSPS) is 13.9. The van der Waals surface area contributed by atoms with E-state index in [1.165, 1.54) is 187 Å². The van der Waals surface area contributed by atoms with Crippen LogP contribution in [0.1, 0.15) is 229 Å². The topological polar surface area (TPSA) is 87.1 Å². The Labute approximate surface area is 515 Å². The molecule has 0 saturated carbocycles. The molecule has 0 N–H and O–H groups in total. The number of hydrogen-bond donors (Lipinski definition) is 0. The summed E-state index contributed by atoms with van der Waals surface area (Å²) in [5.74, 6) is 3.01. The van der Waals surface area contributed by atoms with Crippen molar-refractivity contribution in [2.45, 2.75) is 234 Å². The van der Waals surface area contributed by atoms with Gasteiger partial charge in [-0.1, -0.05) is 157 Å². The van der Waals surface area contributed by atoms with Gasteiger partial charge in [0.1, 0.15) is 30.0 Å². The van der Waals surface area contributed by atoms with E-state index in [0.717, 1.165) is 68.5 Å². The molecule has 3 aliphatic rings. The van der Waals surface area contributed by atoms with Crippen LogP contribution < -0.4 is 14.7 Å². The molecule has 3 aliphatic heterocycles. The van der Waals surface area contributed by atoms with Crippen molar-refractivity contribution in [3.8, 4) is 0 Å². The lowest BCUT2D eigenvalue weighted by molar-refractivity contribution is 0.667. The highest BCUT2D eigenvalue weighted by Crippen LogP contribution is 2.42. The van der Waals surface area contributed by atoms with Crippen molar-refractivity contribution in [1.29, 1.82) is 0 Å². The molecule has 6 aromatic rings. The van der Waals surface area contributed by atoms with Gasteiger partial charge >= 0.3 is 0 Å². The fraction of sp³-hybridized carbons (Fsp3) is 0.545. The highest BCUT2D eigenvalue weighted by atomic mass is 32.1. The monoisotopic (exact) mass is 1210 g/mol. The molecular formula is C66H90N10S6. The Bertz CT molecular complexity index is 2620. The third-order valence-electron chi connectivity index (χ3n) is 15.5. The largest absolute Gasteiger partial charge is 0.260 e. The molecular weight excluding hydrogens is 1130 g/mol. The third-order valence-corrected chi connectivity index (χ3v) is 21.3. The Morgan fingerprint density at radius 3 is 0.646 bits per heavy atom. The van der Waals surface area contributed by atoms with E-state index in [0.29, 0.717) is 35.8 Å². The van der Waals surface area contributed by atoms with E-state index in [-0.39, 0.29) is 0 Å². The molecule has 0 radical (unpaired) electrons. The summed E-state index contributed by atoms with van der Waals surface area (Å²) in [5, 5.41) is 20.6. The summed E-state index contributed by atoms with van der Waals surface area (Å²) >= 11 is 10.6. The molecule has 0 aliphatic carbocycles. The van der Waals surface area contributed by atoms with Gasteiger partial charge in [-0.25, -0.2) is 4.90 Å². The molecule has 0 unspecified atom stereocenters. The van der Waals surface area contributed by atoms with Crippen LogP contribution in [-0.4, -0.2) is 40.7 Å². The van der Waals surface area contributed by atoms with E-state index in [9.17, 15) is 0 Å². The lowest BCUT2D eigenvalue weighted by Crippen LogP contribution is -2.51. The molecule has 0 aromatic carbocycles. The van der Waals surface area contributed by atoms with E-state index < -0.39 is 0 Å². The van der Waals surface area contributed by atoms with Gasteiger partial charge in [0.25, 0.3) is 0 Å². The second kappa shape index (κ2) is 32.6. The lowest BCUT2D eigenvalue weighted by atomic mass is 10.1. The standard InChI is InChI=1S/C66H90N10S6/c1-7-13-19-25-31-49-37-55(77-43-49)73(56-38-50(44-78-56)32-26-20-14-8-2)61-67-64-69-62(74(57-39-51(45-79-57)33-27-21-15-9-3)58-40-52(46-80-58)34-28-22-16-10-4)71-66-72-63(70-65(68-61)76(64)66)75(59-41-53(47-81-59)35-29-23-17-11-5)60-42-54(48-82-60)36-30-24-18-12-6/h37-48H,7-36H2,1-6H3. The SMILES string of the molecule is CCCCCCc1csc(N(C2=NC3=NC(N(c4cc(CCCCCC)cs4)c4cc(CCCCCC)cs4)=NC4=NC(N(c5cc(CCCCCC)cs5)c5cc(CCCCCC)cs5)=NC(=N2)N34)c2cc(CCCCCC)cs2)c1. The maximum absolute atomic E-state index is 5.54. The predicted octanol–water partition coefficient (Wildman–Crippen LogP) is 22.1. The summed E-state index contributed by atoms with van der Waals surface area (Å²) in [6.07, 6.45) is 35.8. The Balaban J connectivity index is 1.20. The molecule has 440 valence electrons. The molecule has 0 fully saturated rings. The zero-order valence-corrected chi connectivity index (χ0v) is 55.0. The van der Waals surface area contributed by atoms with Gasteiger partial charge in [0.2, 0.25) is 35.8 Å². The number of unbranched alkanes of at least 4 members (excludes halogenated alkanes) is 18. The summed E-state index contributed by atoms with van der Waals surface area (Å²) in [6.45, 7) is 13.7. The summed E-state index contributed by atoms with van der Waals surface area (Å²) in [6, 6.07) is 14.2. The summed E-state index contributed by atoms with van der Waals surface area (Å²) < 4.78 is 0. The Morgan fingerprint density at radius 2 is 0.463 bits per heavy atom. The number of guanidine groups is 6. The van der Waals surface area contributed by atoms with Gasteiger partial charge in [-0.3, -0.25) is 14.7 Å². The zero-order valence-electron chi connectivity index (χ0n) is 50.1. The summed E-state index contributed by atoms with van der Waals surface area (Å²) in [7, 11) is 0. The minimum atomic E-state index is 0.462. The van der Waals surface area contributed by atoms with Crippen molar-refractivity contribution in [1.82, 2.24) is 4.90 Å². The molecule has 0 saturated heterocycles. The van der Waals surface area contributed by atoms with Crippen LogP contribution >= 0.6 is 68.0 Å². The van der Waals surface area contributed by atoms with Crippen LogP contribution in [0.3, 0.4) is 0 Å². The Hall–Kier alpha value is -4.58. The minimum Gasteiger partial charge on any atom is -0.260 e. The number of aryl methyl sites for hydroxylation is 6. The van der Waals surface area contributed by atoms with Gasteiger partial charge < -0.3 is 0 Å². The average molecular weight is 1220 g/mol. The van der Waals surface area contributed by atoms with Gasteiger partial charge in [-0.15, -0.1) is 68.0 Å². The van der Waals surface area contributed by atoms with Gasteiger partial charge in [0.15, 0.2) is 0 Å². The number of aliphatic imine (C=N–C) groups is 6. The molecule has 0 amide bonds. The van der Waals surface area contributed by atoms with Gasteiger partial charge in [0, 0.05) is 0 Å². The molecule has 0 spiro atoms. The van der Waals surface area contributed by atoms with Gasteiger partial charge in [-0.2, -0.15) is 30.0 Å². The minimum absolute atomic E-state index is 0.462. The second-order valence-electron chi connectivity index (χ2n) is 22.4. The van der Waals surface area contributed by atoms with Crippen LogP contribution in [0, 0.1) is 0 Å². The molecule has 0 atom stereocenters. The Kier molecular flexibility index (Phi) is 24.7. The smallest absolute Gasteiger partial charge is 0.246 e. The van der Waals surface area contributed by atoms with Crippen LogP contribution in [0.5, 0.6) is 0 Å². The maximum Gasteiger partial charge on any atom is 0.246 e. The van der Waals surface area contributed by atoms with Crippen LogP contribution in [0.25, 0.3) is 0 Å². The first-order valence-electron chi connectivity index (χ1n) is 31.6. The van der Waals surface area contributed by atoms with Crippen molar-refractivity contribution < 1.29 is 0 Å². The zero-order chi connectivity index (χ0) is 56.9.